The van der Waals surface area contributed by atoms with Crippen LogP contribution in [-0.4, -0.2) is 9.97 Å². The highest BCUT2D eigenvalue weighted by molar-refractivity contribution is 9.10. The van der Waals surface area contributed by atoms with E-state index in [0.717, 1.165) is 42.6 Å². The van der Waals surface area contributed by atoms with E-state index < -0.39 is 11.6 Å². The Morgan fingerprint density at radius 3 is 2.03 bits per heavy atom. The zero-order valence-electron chi connectivity index (χ0n) is 17.2. The molecule has 0 saturated heterocycles. The molecular weight excluding hydrogens is 545 g/mol. The van der Waals surface area contributed by atoms with E-state index in [1.54, 1.807) is 36.9 Å². The summed E-state index contributed by atoms with van der Waals surface area (Å²) in [6.45, 7) is 0. The molecule has 0 fully saturated rings. The second-order valence-electron chi connectivity index (χ2n) is 7.43. The lowest BCUT2D eigenvalue weighted by Crippen LogP contribution is -1.85. The normalized spacial score (nSPS) is 11.1. The molecule has 0 unspecified atom stereocenters. The highest BCUT2D eigenvalue weighted by atomic mass is 79.9. The number of pyridine rings is 2. The number of hydrogen-bond acceptors (Lipinski definition) is 3. The van der Waals surface area contributed by atoms with Gasteiger partial charge in [0.25, 0.3) is 0 Å². The van der Waals surface area contributed by atoms with Crippen molar-refractivity contribution in [2.24, 2.45) is 0 Å². The van der Waals surface area contributed by atoms with E-state index in [-0.39, 0.29) is 10.0 Å². The zero-order valence-corrected chi connectivity index (χ0v) is 20.3. The van der Waals surface area contributed by atoms with Crippen LogP contribution in [0.5, 0.6) is 0 Å². The van der Waals surface area contributed by atoms with E-state index in [1.165, 1.54) is 12.1 Å². The van der Waals surface area contributed by atoms with E-state index in [1.807, 2.05) is 30.3 Å². The van der Waals surface area contributed by atoms with Crippen LogP contribution in [0.25, 0.3) is 43.8 Å². The molecule has 0 N–H and O–H groups in total. The van der Waals surface area contributed by atoms with Crippen LogP contribution >= 0.6 is 39.1 Å². The van der Waals surface area contributed by atoms with Gasteiger partial charge < -0.3 is 4.42 Å². The highest BCUT2D eigenvalue weighted by Gasteiger charge is 2.12. The minimum Gasteiger partial charge on any atom is -0.456 e. The van der Waals surface area contributed by atoms with Crippen LogP contribution < -0.4 is 0 Å². The molecule has 6 aromatic rings. The smallest absolute Gasteiger partial charge is 0.142 e. The van der Waals surface area contributed by atoms with Crippen molar-refractivity contribution in [1.82, 2.24) is 9.97 Å². The Balaban J connectivity index is 0.000000159. The Kier molecular flexibility index (Phi) is 6.21. The third-order valence-electron chi connectivity index (χ3n) is 5.24. The van der Waals surface area contributed by atoms with Crippen molar-refractivity contribution in [1.29, 1.82) is 0 Å². The summed E-state index contributed by atoms with van der Waals surface area (Å²) < 4.78 is 33.4. The number of hydrogen-bond donors (Lipinski definition) is 0. The summed E-state index contributed by atoms with van der Waals surface area (Å²) in [4.78, 5) is 8.14. The van der Waals surface area contributed by atoms with Gasteiger partial charge in [-0.2, -0.15) is 0 Å². The molecule has 3 aromatic carbocycles. The molecule has 0 aliphatic rings. The SMILES string of the molecule is Fc1cc2c(-c3cc4ccccc4o3)cncc2cc1Cl.Fc1cc2c(Br)cncc2cc1Cl. The topological polar surface area (TPSA) is 38.9 Å². The Morgan fingerprint density at radius 2 is 1.32 bits per heavy atom. The molecular formula is C26H13BrCl2F2N2O. The number of benzene rings is 3. The van der Waals surface area contributed by atoms with Gasteiger partial charge in [-0.1, -0.05) is 41.4 Å². The van der Waals surface area contributed by atoms with E-state index in [0.29, 0.717) is 5.76 Å². The lowest BCUT2D eigenvalue weighted by molar-refractivity contribution is 0.628. The minimum absolute atomic E-state index is 0.0889. The molecule has 0 atom stereocenters. The van der Waals surface area contributed by atoms with Crippen LogP contribution in [0.2, 0.25) is 10.0 Å². The molecule has 168 valence electrons. The zero-order chi connectivity index (χ0) is 23.8. The number of aromatic nitrogens is 2. The molecule has 3 heterocycles. The maximum Gasteiger partial charge on any atom is 0.142 e. The van der Waals surface area contributed by atoms with Crippen LogP contribution in [-0.2, 0) is 0 Å². The molecule has 3 nitrogen and oxygen atoms in total. The fraction of sp³-hybridized carbons (Fsp3) is 0. The van der Waals surface area contributed by atoms with Crippen molar-refractivity contribution >= 4 is 71.6 Å². The largest absolute Gasteiger partial charge is 0.456 e. The Labute approximate surface area is 211 Å². The molecule has 3 aromatic heterocycles. The van der Waals surface area contributed by atoms with Gasteiger partial charge in [-0.25, -0.2) is 8.78 Å². The second kappa shape index (κ2) is 9.29. The molecule has 34 heavy (non-hydrogen) atoms. The molecule has 0 spiro atoms. The molecule has 6 rings (SSSR count). The first-order valence-electron chi connectivity index (χ1n) is 10.0. The average Bonchev–Trinajstić information content (AvgIpc) is 3.26. The number of nitrogens with zero attached hydrogens (tertiary/aromatic N) is 2. The van der Waals surface area contributed by atoms with E-state index in [9.17, 15) is 8.78 Å². The molecule has 0 radical (unpaired) electrons. The van der Waals surface area contributed by atoms with Gasteiger partial charge in [0.2, 0.25) is 0 Å². The Morgan fingerprint density at radius 1 is 0.706 bits per heavy atom. The highest BCUT2D eigenvalue weighted by Crippen LogP contribution is 2.34. The molecule has 0 bridgehead atoms. The summed E-state index contributed by atoms with van der Waals surface area (Å²) in [6.07, 6.45) is 6.60. The summed E-state index contributed by atoms with van der Waals surface area (Å²) in [5.41, 5.74) is 1.54. The molecule has 0 aliphatic heterocycles. The molecule has 0 amide bonds. The number of fused-ring (bicyclic) bond motifs is 3. The first-order chi connectivity index (χ1) is 16.4. The van der Waals surface area contributed by atoms with Gasteiger partial charge >= 0.3 is 0 Å². The van der Waals surface area contributed by atoms with Gasteiger partial charge in [0.15, 0.2) is 0 Å². The number of furan rings is 1. The van der Waals surface area contributed by atoms with Crippen LogP contribution in [0.3, 0.4) is 0 Å². The number of para-hydroxylation sites is 1. The second-order valence-corrected chi connectivity index (χ2v) is 9.10. The molecule has 8 heteroatoms. The van der Waals surface area contributed by atoms with E-state index >= 15 is 0 Å². The molecule has 0 saturated carbocycles. The van der Waals surface area contributed by atoms with Gasteiger partial charge in [-0.15, -0.1) is 0 Å². The predicted octanol–water partition coefficient (Wildman–Crippen LogP) is 9.23. The number of rotatable bonds is 1. The van der Waals surface area contributed by atoms with Crippen molar-refractivity contribution in [3.05, 3.63) is 106 Å². The predicted molar refractivity (Wildman–Crippen MR) is 136 cm³/mol. The first kappa shape index (κ1) is 22.7. The van der Waals surface area contributed by atoms with Gasteiger partial charge in [-0.3, -0.25) is 9.97 Å². The van der Waals surface area contributed by atoms with Crippen LogP contribution in [0, 0.1) is 11.6 Å². The van der Waals surface area contributed by atoms with Crippen LogP contribution in [0.15, 0.2) is 88.3 Å². The summed E-state index contributed by atoms with van der Waals surface area (Å²) in [7, 11) is 0. The lowest BCUT2D eigenvalue weighted by atomic mass is 10.1. The quantitative estimate of drug-likeness (QED) is 0.202. The van der Waals surface area contributed by atoms with Crippen LogP contribution in [0.1, 0.15) is 0 Å². The monoisotopic (exact) mass is 556 g/mol. The summed E-state index contributed by atoms with van der Waals surface area (Å²) in [5.74, 6) is -0.204. The van der Waals surface area contributed by atoms with Crippen molar-refractivity contribution < 1.29 is 13.2 Å². The maximum absolute atomic E-state index is 13.8. The summed E-state index contributed by atoms with van der Waals surface area (Å²) in [5, 5.41) is 4.31. The van der Waals surface area contributed by atoms with E-state index in [2.05, 4.69) is 25.9 Å². The number of halogens is 5. The molecule has 0 aliphatic carbocycles. The Hall–Kier alpha value is -3.06. The third kappa shape index (κ3) is 4.37. The van der Waals surface area contributed by atoms with E-state index in [4.69, 9.17) is 27.6 Å². The lowest BCUT2D eigenvalue weighted by Gasteiger charge is -2.04. The minimum atomic E-state index is -0.451. The van der Waals surface area contributed by atoms with Gasteiger partial charge in [0.1, 0.15) is 23.0 Å². The van der Waals surface area contributed by atoms with Crippen molar-refractivity contribution in [3.8, 4) is 11.3 Å². The van der Waals surface area contributed by atoms with Gasteiger partial charge in [-0.05, 0) is 57.7 Å². The fourth-order valence-electron chi connectivity index (χ4n) is 3.60. The Bertz CT molecular complexity index is 1650. The third-order valence-corrected chi connectivity index (χ3v) is 6.45. The van der Waals surface area contributed by atoms with Crippen molar-refractivity contribution in [2.45, 2.75) is 0 Å². The fourth-order valence-corrected chi connectivity index (χ4v) is 4.41. The first-order valence-corrected chi connectivity index (χ1v) is 11.6. The van der Waals surface area contributed by atoms with Gasteiger partial charge in [0.05, 0.1) is 10.0 Å². The van der Waals surface area contributed by atoms with Crippen molar-refractivity contribution in [2.75, 3.05) is 0 Å². The van der Waals surface area contributed by atoms with Crippen LogP contribution in [0.4, 0.5) is 8.78 Å². The summed E-state index contributed by atoms with van der Waals surface area (Å²) >= 11 is 14.7. The standard InChI is InChI=1S/C17H9ClFNO.C9H4BrClFN/c18-14-5-11-8-20-9-13(12(11)7-15(14)19)17-6-10-3-1-2-4-16(10)21-17;10-7-4-13-3-5-1-8(11)9(12)2-6(5)7/h1-9H;1-4H. The van der Waals surface area contributed by atoms with Gasteiger partial charge in [0, 0.05) is 56.4 Å². The summed E-state index contributed by atoms with van der Waals surface area (Å²) in [6, 6.07) is 15.6. The average molecular weight is 558 g/mol. The maximum atomic E-state index is 13.8. The van der Waals surface area contributed by atoms with Crippen molar-refractivity contribution in [3.63, 3.8) is 0 Å².